The normalized spacial score (nSPS) is 13.8. The maximum Gasteiger partial charge on any atom is 0.232 e. The molecule has 24 heavy (non-hydrogen) atoms. The molecule has 0 spiro atoms. The third kappa shape index (κ3) is 3.43. The van der Waals surface area contributed by atoms with Crippen molar-refractivity contribution in [1.82, 2.24) is 9.78 Å². The van der Waals surface area contributed by atoms with E-state index in [0.29, 0.717) is 37.2 Å². The van der Waals surface area contributed by atoms with Crippen LogP contribution < -0.4 is 9.62 Å². The fourth-order valence-corrected chi connectivity index (χ4v) is 3.89. The molecular formula is C16H20N4O3S. The smallest absolute Gasteiger partial charge is 0.232 e. The third-order valence-electron chi connectivity index (χ3n) is 4.06. The Morgan fingerprint density at radius 2 is 2.17 bits per heavy atom. The lowest BCUT2D eigenvalue weighted by Crippen LogP contribution is -2.27. The predicted molar refractivity (Wildman–Crippen MR) is 92.5 cm³/mol. The zero-order valence-corrected chi connectivity index (χ0v) is 14.5. The van der Waals surface area contributed by atoms with E-state index in [-0.39, 0.29) is 5.91 Å². The number of anilines is 2. The van der Waals surface area contributed by atoms with E-state index in [1.165, 1.54) is 10.6 Å². The molecule has 2 heterocycles. The first-order valence-corrected chi connectivity index (χ1v) is 9.56. The van der Waals surface area contributed by atoms with Gasteiger partial charge in [0.25, 0.3) is 0 Å². The molecule has 0 atom stereocenters. The average molecular weight is 348 g/mol. The van der Waals surface area contributed by atoms with Gasteiger partial charge in [-0.05, 0) is 30.5 Å². The van der Waals surface area contributed by atoms with Crippen LogP contribution in [-0.4, -0.2) is 36.9 Å². The van der Waals surface area contributed by atoms with Crippen LogP contribution in [0, 0.1) is 0 Å². The van der Waals surface area contributed by atoms with Crippen molar-refractivity contribution < 1.29 is 13.2 Å². The van der Waals surface area contributed by atoms with Crippen molar-refractivity contribution in [3.05, 3.63) is 41.7 Å². The Bertz CT molecular complexity index is 873. The lowest BCUT2D eigenvalue weighted by Gasteiger charge is -2.17. The van der Waals surface area contributed by atoms with E-state index in [0.717, 1.165) is 11.1 Å². The van der Waals surface area contributed by atoms with Crippen LogP contribution in [0.2, 0.25) is 0 Å². The van der Waals surface area contributed by atoms with Crippen LogP contribution in [-0.2, 0) is 34.7 Å². The van der Waals surface area contributed by atoms with Crippen molar-refractivity contribution >= 4 is 27.3 Å². The van der Waals surface area contributed by atoms with Crippen LogP contribution in [0.4, 0.5) is 11.4 Å². The Morgan fingerprint density at radius 3 is 2.83 bits per heavy atom. The van der Waals surface area contributed by atoms with Crippen LogP contribution in [0.25, 0.3) is 0 Å². The minimum absolute atomic E-state index is 0.0925. The molecule has 1 aliphatic rings. The minimum atomic E-state index is -3.29. The van der Waals surface area contributed by atoms with Gasteiger partial charge in [0.05, 0.1) is 18.1 Å². The standard InChI is InChI=1S/C16H20N4O3S/c1-19-11-12(10-17-19)6-7-16(21)18-14-4-3-5-15-13(14)8-9-20(15)24(2,22)23/h3-5,10-11H,6-9H2,1-2H3,(H,18,21). The number of hydrogen-bond acceptors (Lipinski definition) is 4. The Morgan fingerprint density at radius 1 is 1.38 bits per heavy atom. The van der Waals surface area contributed by atoms with Crippen LogP contribution in [0.3, 0.4) is 0 Å². The summed E-state index contributed by atoms with van der Waals surface area (Å²) < 4.78 is 26.7. The second-order valence-electron chi connectivity index (χ2n) is 5.96. The van der Waals surface area contributed by atoms with Gasteiger partial charge in [0.1, 0.15) is 0 Å². The molecule has 0 aliphatic carbocycles. The van der Waals surface area contributed by atoms with Crippen LogP contribution >= 0.6 is 0 Å². The predicted octanol–water partition coefficient (Wildman–Crippen LogP) is 1.31. The summed E-state index contributed by atoms with van der Waals surface area (Å²) in [5.74, 6) is -0.0925. The van der Waals surface area contributed by atoms with E-state index >= 15 is 0 Å². The molecule has 1 amide bonds. The molecule has 1 N–H and O–H groups in total. The Labute approximate surface area is 141 Å². The van der Waals surface area contributed by atoms with E-state index < -0.39 is 10.0 Å². The molecule has 0 saturated carbocycles. The summed E-state index contributed by atoms with van der Waals surface area (Å²) in [4.78, 5) is 12.2. The minimum Gasteiger partial charge on any atom is -0.326 e. The van der Waals surface area contributed by atoms with E-state index in [9.17, 15) is 13.2 Å². The first-order valence-electron chi connectivity index (χ1n) is 7.71. The second-order valence-corrected chi connectivity index (χ2v) is 7.87. The lowest BCUT2D eigenvalue weighted by atomic mass is 10.1. The number of fused-ring (bicyclic) bond motifs is 1. The molecule has 2 aromatic rings. The second kappa shape index (κ2) is 6.27. The maximum absolute atomic E-state index is 12.2. The number of benzene rings is 1. The zero-order chi connectivity index (χ0) is 17.3. The molecule has 8 heteroatoms. The molecule has 128 valence electrons. The Kier molecular flexibility index (Phi) is 4.31. The van der Waals surface area contributed by atoms with Crippen molar-refractivity contribution in [2.75, 3.05) is 22.4 Å². The number of nitrogens with one attached hydrogen (secondary N) is 1. The van der Waals surface area contributed by atoms with E-state index in [2.05, 4.69) is 10.4 Å². The highest BCUT2D eigenvalue weighted by molar-refractivity contribution is 7.92. The summed E-state index contributed by atoms with van der Waals surface area (Å²) in [6, 6.07) is 5.35. The molecule has 0 unspecified atom stereocenters. The van der Waals surface area contributed by atoms with Gasteiger partial charge in [-0.15, -0.1) is 0 Å². The fourth-order valence-electron chi connectivity index (χ4n) is 2.94. The maximum atomic E-state index is 12.2. The highest BCUT2D eigenvalue weighted by Gasteiger charge is 2.28. The molecular weight excluding hydrogens is 328 g/mol. The Balaban J connectivity index is 1.70. The van der Waals surface area contributed by atoms with Gasteiger partial charge in [0.2, 0.25) is 15.9 Å². The SMILES string of the molecule is Cn1cc(CCC(=O)Nc2cccc3c2CCN3S(C)(=O)=O)cn1. The largest absolute Gasteiger partial charge is 0.326 e. The van der Waals surface area contributed by atoms with E-state index in [1.54, 1.807) is 23.0 Å². The number of nitrogens with zero attached hydrogens (tertiary/aromatic N) is 3. The Hall–Kier alpha value is -2.35. The number of hydrogen-bond donors (Lipinski definition) is 1. The van der Waals surface area contributed by atoms with E-state index in [4.69, 9.17) is 0 Å². The summed E-state index contributed by atoms with van der Waals surface area (Å²) in [7, 11) is -1.46. The number of sulfonamides is 1. The lowest BCUT2D eigenvalue weighted by molar-refractivity contribution is -0.116. The molecule has 0 bridgehead atoms. The molecule has 1 aromatic carbocycles. The van der Waals surface area contributed by atoms with Crippen molar-refractivity contribution in [3.8, 4) is 0 Å². The molecule has 0 fully saturated rings. The van der Waals surface area contributed by atoms with Crippen molar-refractivity contribution in [2.45, 2.75) is 19.3 Å². The van der Waals surface area contributed by atoms with Gasteiger partial charge in [-0.3, -0.25) is 13.8 Å². The van der Waals surface area contributed by atoms with Crippen LogP contribution in [0.5, 0.6) is 0 Å². The number of carbonyl (C=O) groups is 1. The molecule has 3 rings (SSSR count). The van der Waals surface area contributed by atoms with Gasteiger partial charge < -0.3 is 5.32 Å². The van der Waals surface area contributed by atoms with Gasteiger partial charge in [-0.1, -0.05) is 6.07 Å². The van der Waals surface area contributed by atoms with E-state index in [1.807, 2.05) is 19.3 Å². The van der Waals surface area contributed by atoms with Crippen LogP contribution in [0.1, 0.15) is 17.5 Å². The third-order valence-corrected chi connectivity index (χ3v) is 5.24. The molecule has 0 radical (unpaired) electrons. The number of carbonyl (C=O) groups excluding carboxylic acids is 1. The average Bonchev–Trinajstić information content (AvgIpc) is 3.11. The number of aryl methyl sites for hydroxylation is 2. The molecule has 7 nitrogen and oxygen atoms in total. The van der Waals surface area contributed by atoms with Gasteiger partial charge in [-0.2, -0.15) is 5.10 Å². The summed E-state index contributed by atoms with van der Waals surface area (Å²) in [5, 5.41) is 6.98. The van der Waals surface area contributed by atoms with Gasteiger partial charge >= 0.3 is 0 Å². The molecule has 0 saturated heterocycles. The molecule has 1 aromatic heterocycles. The van der Waals surface area contributed by atoms with Crippen molar-refractivity contribution in [3.63, 3.8) is 0 Å². The van der Waals surface area contributed by atoms with Gasteiger partial charge in [0, 0.05) is 37.5 Å². The number of amides is 1. The summed E-state index contributed by atoms with van der Waals surface area (Å²) in [6.45, 7) is 0.413. The fraction of sp³-hybridized carbons (Fsp3) is 0.375. The number of aromatic nitrogens is 2. The van der Waals surface area contributed by atoms with Gasteiger partial charge in [-0.25, -0.2) is 8.42 Å². The van der Waals surface area contributed by atoms with Crippen molar-refractivity contribution in [1.29, 1.82) is 0 Å². The summed E-state index contributed by atoms with van der Waals surface area (Å²) in [5.41, 5.74) is 3.23. The monoisotopic (exact) mass is 348 g/mol. The highest BCUT2D eigenvalue weighted by Crippen LogP contribution is 2.35. The summed E-state index contributed by atoms with van der Waals surface area (Å²) in [6.07, 6.45) is 6.40. The van der Waals surface area contributed by atoms with Crippen molar-refractivity contribution in [2.24, 2.45) is 7.05 Å². The first-order chi connectivity index (χ1) is 11.3. The first kappa shape index (κ1) is 16.5. The topological polar surface area (TPSA) is 84.3 Å². The number of rotatable bonds is 5. The summed E-state index contributed by atoms with van der Waals surface area (Å²) >= 11 is 0. The van der Waals surface area contributed by atoms with Crippen LogP contribution in [0.15, 0.2) is 30.6 Å². The highest BCUT2D eigenvalue weighted by atomic mass is 32.2. The quantitative estimate of drug-likeness (QED) is 0.883. The zero-order valence-electron chi connectivity index (χ0n) is 13.7. The molecule has 1 aliphatic heterocycles. The van der Waals surface area contributed by atoms with Gasteiger partial charge in [0.15, 0.2) is 0 Å².